The molecule has 1 amide bonds. The van der Waals surface area contributed by atoms with Gasteiger partial charge in [0, 0.05) is 13.7 Å². The van der Waals surface area contributed by atoms with E-state index in [-0.39, 0.29) is 19.1 Å². The van der Waals surface area contributed by atoms with Crippen LogP contribution in [0.3, 0.4) is 0 Å². The maximum atomic E-state index is 11.6. The average molecular weight is 323 g/mol. The van der Waals surface area contributed by atoms with Gasteiger partial charge in [-0.15, -0.1) is 0 Å². The van der Waals surface area contributed by atoms with Crippen molar-refractivity contribution in [3.05, 3.63) is 29.3 Å². The minimum atomic E-state index is -0.586. The Balaban J connectivity index is 2.33. The van der Waals surface area contributed by atoms with Crippen molar-refractivity contribution in [2.24, 2.45) is 0 Å². The second-order valence-corrected chi connectivity index (χ2v) is 5.47. The summed E-state index contributed by atoms with van der Waals surface area (Å²) in [5.41, 5.74) is 2.36. The van der Waals surface area contributed by atoms with E-state index in [1.807, 2.05) is 25.1 Å². The molecule has 0 aliphatic rings. The SMILES string of the molecule is COCCNC(=O)COC(=O)COc1ccc(C(C)C)c(C)c1. The van der Waals surface area contributed by atoms with E-state index in [9.17, 15) is 9.59 Å². The van der Waals surface area contributed by atoms with Gasteiger partial charge in [-0.05, 0) is 36.1 Å². The van der Waals surface area contributed by atoms with Gasteiger partial charge >= 0.3 is 5.97 Å². The molecule has 1 N–H and O–H groups in total. The Kier molecular flexibility index (Phi) is 8.11. The summed E-state index contributed by atoms with van der Waals surface area (Å²) in [7, 11) is 1.54. The number of esters is 1. The van der Waals surface area contributed by atoms with E-state index in [1.54, 1.807) is 7.11 Å². The van der Waals surface area contributed by atoms with Crippen LogP contribution < -0.4 is 10.1 Å². The molecule has 0 radical (unpaired) electrons. The summed E-state index contributed by atoms with van der Waals surface area (Å²) >= 11 is 0. The summed E-state index contributed by atoms with van der Waals surface area (Å²) in [5.74, 6) is 0.0871. The number of carbonyl (C=O) groups excluding carboxylic acids is 2. The molecule has 0 saturated carbocycles. The van der Waals surface area contributed by atoms with Gasteiger partial charge in [0.25, 0.3) is 5.91 Å². The molecule has 0 aliphatic carbocycles. The summed E-state index contributed by atoms with van der Waals surface area (Å²) in [6, 6.07) is 5.71. The Morgan fingerprint density at radius 1 is 1.22 bits per heavy atom. The second kappa shape index (κ2) is 9.84. The van der Waals surface area contributed by atoms with Gasteiger partial charge < -0.3 is 19.5 Å². The summed E-state index contributed by atoms with van der Waals surface area (Å²) < 4.78 is 15.0. The highest BCUT2D eigenvalue weighted by molar-refractivity contribution is 5.80. The molecule has 128 valence electrons. The Morgan fingerprint density at radius 2 is 1.96 bits per heavy atom. The topological polar surface area (TPSA) is 73.9 Å². The van der Waals surface area contributed by atoms with Crippen molar-refractivity contribution in [1.29, 1.82) is 0 Å². The summed E-state index contributed by atoms with van der Waals surface area (Å²) in [6.07, 6.45) is 0. The van der Waals surface area contributed by atoms with E-state index < -0.39 is 5.97 Å². The summed E-state index contributed by atoms with van der Waals surface area (Å²) in [4.78, 5) is 22.9. The minimum absolute atomic E-state index is 0.230. The van der Waals surface area contributed by atoms with Crippen LogP contribution in [0.1, 0.15) is 30.9 Å². The number of hydrogen-bond donors (Lipinski definition) is 1. The highest BCUT2D eigenvalue weighted by Crippen LogP contribution is 2.23. The molecular formula is C17H25NO5. The van der Waals surface area contributed by atoms with Crippen molar-refractivity contribution >= 4 is 11.9 Å². The average Bonchev–Trinajstić information content (AvgIpc) is 2.51. The molecule has 1 aromatic carbocycles. The fourth-order valence-electron chi connectivity index (χ4n) is 2.06. The van der Waals surface area contributed by atoms with Gasteiger partial charge in [-0.2, -0.15) is 0 Å². The number of carbonyl (C=O) groups is 2. The van der Waals surface area contributed by atoms with Crippen molar-refractivity contribution in [3.8, 4) is 5.75 Å². The maximum absolute atomic E-state index is 11.6. The third kappa shape index (κ3) is 7.15. The predicted octanol–water partition coefficient (Wildman–Crippen LogP) is 1.80. The lowest BCUT2D eigenvalue weighted by Gasteiger charge is -2.12. The van der Waals surface area contributed by atoms with Gasteiger partial charge in [-0.25, -0.2) is 4.79 Å². The molecule has 0 saturated heterocycles. The Labute approximate surface area is 137 Å². The zero-order chi connectivity index (χ0) is 17.2. The molecular weight excluding hydrogens is 298 g/mol. The quantitative estimate of drug-likeness (QED) is 0.554. The number of benzene rings is 1. The number of nitrogens with one attached hydrogen (secondary N) is 1. The number of aryl methyl sites for hydroxylation is 1. The minimum Gasteiger partial charge on any atom is -0.482 e. The molecule has 1 rings (SSSR count). The molecule has 0 aliphatic heterocycles. The number of amides is 1. The molecule has 0 fully saturated rings. The van der Waals surface area contributed by atoms with E-state index in [0.29, 0.717) is 24.8 Å². The van der Waals surface area contributed by atoms with E-state index >= 15 is 0 Å². The van der Waals surface area contributed by atoms with E-state index in [2.05, 4.69) is 19.2 Å². The van der Waals surface area contributed by atoms with Crippen LogP contribution in [0.2, 0.25) is 0 Å². The first-order valence-electron chi connectivity index (χ1n) is 7.58. The van der Waals surface area contributed by atoms with Crippen molar-refractivity contribution in [1.82, 2.24) is 5.32 Å². The molecule has 0 atom stereocenters. The van der Waals surface area contributed by atoms with Crippen LogP contribution in [0, 0.1) is 6.92 Å². The Morgan fingerprint density at radius 3 is 2.57 bits per heavy atom. The summed E-state index contributed by atoms with van der Waals surface area (Å²) in [5, 5.41) is 2.55. The van der Waals surface area contributed by atoms with E-state index in [0.717, 1.165) is 5.56 Å². The highest BCUT2D eigenvalue weighted by Gasteiger charge is 2.09. The molecule has 0 unspecified atom stereocenters. The number of hydrogen-bond acceptors (Lipinski definition) is 5. The van der Waals surface area contributed by atoms with Crippen LogP contribution >= 0.6 is 0 Å². The molecule has 0 aromatic heterocycles. The van der Waals surface area contributed by atoms with Crippen LogP contribution in [0.4, 0.5) is 0 Å². The van der Waals surface area contributed by atoms with Crippen LogP contribution in [-0.4, -0.2) is 45.4 Å². The first-order valence-corrected chi connectivity index (χ1v) is 7.58. The lowest BCUT2D eigenvalue weighted by atomic mass is 9.98. The second-order valence-electron chi connectivity index (χ2n) is 5.47. The Bertz CT molecular complexity index is 528. The third-order valence-electron chi connectivity index (χ3n) is 3.21. The lowest BCUT2D eigenvalue weighted by Crippen LogP contribution is -2.32. The molecule has 6 heteroatoms. The van der Waals surface area contributed by atoms with Crippen LogP contribution in [0.25, 0.3) is 0 Å². The Hall–Kier alpha value is -2.08. The maximum Gasteiger partial charge on any atom is 0.344 e. The molecule has 0 heterocycles. The molecule has 6 nitrogen and oxygen atoms in total. The first kappa shape index (κ1) is 19.0. The van der Waals surface area contributed by atoms with Gasteiger partial charge in [0.2, 0.25) is 0 Å². The lowest BCUT2D eigenvalue weighted by molar-refractivity contribution is -0.150. The first-order chi connectivity index (χ1) is 10.9. The van der Waals surface area contributed by atoms with Gasteiger partial charge in [0.05, 0.1) is 6.61 Å². The van der Waals surface area contributed by atoms with Crippen molar-refractivity contribution in [2.45, 2.75) is 26.7 Å². The fourth-order valence-corrected chi connectivity index (χ4v) is 2.06. The van der Waals surface area contributed by atoms with E-state index in [4.69, 9.17) is 14.2 Å². The zero-order valence-corrected chi connectivity index (χ0v) is 14.2. The fraction of sp³-hybridized carbons (Fsp3) is 0.529. The largest absolute Gasteiger partial charge is 0.482 e. The standard InChI is InChI=1S/C17H25NO5/c1-12(2)15-6-5-14(9-13(15)3)22-11-17(20)23-10-16(19)18-7-8-21-4/h5-6,9,12H,7-8,10-11H2,1-4H3,(H,18,19). The van der Waals surface area contributed by atoms with Crippen LogP contribution in [0.5, 0.6) is 5.75 Å². The van der Waals surface area contributed by atoms with Crippen LogP contribution in [-0.2, 0) is 19.1 Å². The normalized spacial score (nSPS) is 10.5. The van der Waals surface area contributed by atoms with Crippen molar-refractivity contribution < 1.29 is 23.8 Å². The number of methoxy groups -OCH3 is 1. The third-order valence-corrected chi connectivity index (χ3v) is 3.21. The van der Waals surface area contributed by atoms with Gasteiger partial charge in [-0.1, -0.05) is 19.9 Å². The summed E-state index contributed by atoms with van der Waals surface area (Å²) in [6.45, 7) is 6.49. The molecule has 0 bridgehead atoms. The molecule has 23 heavy (non-hydrogen) atoms. The van der Waals surface area contributed by atoms with Crippen molar-refractivity contribution in [2.75, 3.05) is 33.5 Å². The monoisotopic (exact) mass is 323 g/mol. The smallest absolute Gasteiger partial charge is 0.344 e. The number of ether oxygens (including phenoxy) is 3. The number of rotatable bonds is 9. The zero-order valence-electron chi connectivity index (χ0n) is 14.2. The highest BCUT2D eigenvalue weighted by atomic mass is 16.6. The van der Waals surface area contributed by atoms with Gasteiger partial charge in [0.1, 0.15) is 5.75 Å². The predicted molar refractivity (Wildman–Crippen MR) is 86.6 cm³/mol. The molecule has 0 spiro atoms. The van der Waals surface area contributed by atoms with Gasteiger partial charge in [0.15, 0.2) is 13.2 Å². The molecule has 1 aromatic rings. The van der Waals surface area contributed by atoms with Crippen molar-refractivity contribution in [3.63, 3.8) is 0 Å². The van der Waals surface area contributed by atoms with Gasteiger partial charge in [-0.3, -0.25) is 4.79 Å². The van der Waals surface area contributed by atoms with Crippen LogP contribution in [0.15, 0.2) is 18.2 Å². The van der Waals surface area contributed by atoms with E-state index in [1.165, 1.54) is 5.56 Å².